The van der Waals surface area contributed by atoms with Crippen molar-refractivity contribution in [2.24, 2.45) is 5.41 Å². The van der Waals surface area contributed by atoms with E-state index in [0.717, 1.165) is 37.6 Å². The largest absolute Gasteiger partial charge is 0.496 e. The average molecular weight is 446 g/mol. The van der Waals surface area contributed by atoms with Gasteiger partial charge in [0.05, 0.1) is 7.11 Å². The van der Waals surface area contributed by atoms with Crippen molar-refractivity contribution in [1.29, 1.82) is 0 Å². The summed E-state index contributed by atoms with van der Waals surface area (Å²) in [4.78, 5) is 20.8. The predicted molar refractivity (Wildman–Crippen MR) is 119 cm³/mol. The fraction of sp³-hybridized carbons (Fsp3) is 0.478. The molecule has 2 fully saturated rings. The minimum atomic E-state index is -0.466. The standard InChI is InChI=1S/C23H28ClN3O4/c1-22(2,3)31-21(28)27-14-23(15-27)12-26(13-23)19-6-5-7-20(25-19)30-11-16-8-9-17(24)10-18(16)29-4/h5-10H,11-15H2,1-4H3. The highest BCUT2D eigenvalue weighted by Crippen LogP contribution is 2.42. The van der Waals surface area contributed by atoms with Crippen LogP contribution in [0.3, 0.4) is 0 Å². The van der Waals surface area contributed by atoms with Crippen molar-refractivity contribution in [3.05, 3.63) is 47.0 Å². The molecule has 1 amide bonds. The van der Waals surface area contributed by atoms with E-state index in [-0.39, 0.29) is 11.5 Å². The van der Waals surface area contributed by atoms with Gasteiger partial charge in [0.1, 0.15) is 23.8 Å². The third kappa shape index (κ3) is 4.82. The molecule has 0 atom stereocenters. The van der Waals surface area contributed by atoms with Crippen LogP contribution in [0.15, 0.2) is 36.4 Å². The van der Waals surface area contributed by atoms with Crippen molar-refractivity contribution in [3.63, 3.8) is 0 Å². The summed E-state index contributed by atoms with van der Waals surface area (Å²) in [6.45, 7) is 9.18. The number of amides is 1. The maximum Gasteiger partial charge on any atom is 0.410 e. The van der Waals surface area contributed by atoms with E-state index in [1.807, 2.05) is 51.1 Å². The Bertz CT molecular complexity index is 962. The van der Waals surface area contributed by atoms with Gasteiger partial charge in [0.15, 0.2) is 0 Å². The van der Waals surface area contributed by atoms with Gasteiger partial charge in [-0.3, -0.25) is 0 Å². The molecule has 2 aromatic rings. The maximum atomic E-state index is 12.2. The van der Waals surface area contributed by atoms with E-state index in [9.17, 15) is 4.79 Å². The van der Waals surface area contributed by atoms with Crippen LogP contribution in [0.1, 0.15) is 26.3 Å². The summed E-state index contributed by atoms with van der Waals surface area (Å²) >= 11 is 6.02. The van der Waals surface area contributed by atoms with Crippen LogP contribution in [0.2, 0.25) is 5.02 Å². The van der Waals surface area contributed by atoms with Gasteiger partial charge in [-0.05, 0) is 39.0 Å². The molecule has 3 heterocycles. The zero-order chi connectivity index (χ0) is 22.2. The van der Waals surface area contributed by atoms with Crippen LogP contribution in [0.25, 0.3) is 0 Å². The third-order valence-electron chi connectivity index (χ3n) is 5.41. The first-order chi connectivity index (χ1) is 14.7. The smallest absolute Gasteiger partial charge is 0.410 e. The van der Waals surface area contributed by atoms with Gasteiger partial charge in [-0.15, -0.1) is 0 Å². The SMILES string of the molecule is COc1cc(Cl)ccc1COc1cccc(N2CC3(CN(C(=O)OC(C)(C)C)C3)C2)n1. The summed E-state index contributed by atoms with van der Waals surface area (Å²) < 4.78 is 16.7. The van der Waals surface area contributed by atoms with Gasteiger partial charge in [0.2, 0.25) is 5.88 Å². The number of anilines is 1. The van der Waals surface area contributed by atoms with Crippen molar-refractivity contribution in [3.8, 4) is 11.6 Å². The lowest BCUT2D eigenvalue weighted by Gasteiger charge is -2.60. The molecular weight excluding hydrogens is 418 g/mol. The first-order valence-corrected chi connectivity index (χ1v) is 10.7. The van der Waals surface area contributed by atoms with Crippen LogP contribution in [0.4, 0.5) is 10.6 Å². The Hall–Kier alpha value is -2.67. The zero-order valence-corrected chi connectivity index (χ0v) is 19.1. The van der Waals surface area contributed by atoms with Crippen LogP contribution >= 0.6 is 11.6 Å². The molecule has 2 aliphatic rings. The molecule has 4 rings (SSSR count). The molecule has 0 aliphatic carbocycles. The normalized spacial score (nSPS) is 17.1. The molecule has 0 saturated carbocycles. The van der Waals surface area contributed by atoms with Crippen molar-refractivity contribution in [2.45, 2.75) is 33.0 Å². The topological polar surface area (TPSA) is 64.1 Å². The number of methoxy groups -OCH3 is 1. The van der Waals surface area contributed by atoms with Gasteiger partial charge in [0.25, 0.3) is 0 Å². The van der Waals surface area contributed by atoms with Crippen LogP contribution in [0.5, 0.6) is 11.6 Å². The Labute approximate surface area is 187 Å². The summed E-state index contributed by atoms with van der Waals surface area (Å²) in [5, 5.41) is 0.619. The molecule has 0 N–H and O–H groups in total. The fourth-order valence-electron chi connectivity index (χ4n) is 3.99. The lowest BCUT2D eigenvalue weighted by molar-refractivity contribution is -0.0454. The Kier molecular flexibility index (Phi) is 5.64. The number of pyridine rings is 1. The van der Waals surface area contributed by atoms with E-state index >= 15 is 0 Å². The summed E-state index contributed by atoms with van der Waals surface area (Å²) in [5.41, 5.74) is 0.580. The number of likely N-dealkylation sites (tertiary alicyclic amines) is 1. The molecule has 8 heteroatoms. The number of carbonyl (C=O) groups excluding carboxylic acids is 1. The minimum Gasteiger partial charge on any atom is -0.496 e. The number of benzene rings is 1. The van der Waals surface area contributed by atoms with Gasteiger partial charge in [0, 0.05) is 48.2 Å². The molecule has 1 aromatic carbocycles. The molecule has 0 radical (unpaired) electrons. The third-order valence-corrected chi connectivity index (χ3v) is 5.65. The van der Waals surface area contributed by atoms with E-state index in [2.05, 4.69) is 9.88 Å². The van der Waals surface area contributed by atoms with E-state index in [1.54, 1.807) is 18.1 Å². The number of nitrogens with zero attached hydrogens (tertiary/aromatic N) is 3. The van der Waals surface area contributed by atoms with Crippen LogP contribution in [0, 0.1) is 5.41 Å². The lowest BCUT2D eigenvalue weighted by Crippen LogP contribution is -2.73. The van der Waals surface area contributed by atoms with Crippen LogP contribution < -0.4 is 14.4 Å². The monoisotopic (exact) mass is 445 g/mol. The van der Waals surface area contributed by atoms with E-state index < -0.39 is 5.60 Å². The second kappa shape index (κ2) is 8.11. The number of hydrogen-bond donors (Lipinski definition) is 0. The molecule has 0 unspecified atom stereocenters. The number of hydrogen-bond acceptors (Lipinski definition) is 6. The average Bonchev–Trinajstić information content (AvgIpc) is 2.63. The number of aromatic nitrogens is 1. The van der Waals surface area contributed by atoms with Gasteiger partial charge in [-0.25, -0.2) is 4.79 Å². The highest BCUT2D eigenvalue weighted by molar-refractivity contribution is 6.30. The van der Waals surface area contributed by atoms with Crippen molar-refractivity contribution in [1.82, 2.24) is 9.88 Å². The summed E-state index contributed by atoms with van der Waals surface area (Å²) in [6.07, 6.45) is -0.234. The van der Waals surface area contributed by atoms with Gasteiger partial charge in [-0.2, -0.15) is 4.98 Å². The van der Waals surface area contributed by atoms with Crippen LogP contribution in [-0.4, -0.2) is 54.9 Å². The molecular formula is C23H28ClN3O4. The summed E-state index contributed by atoms with van der Waals surface area (Å²) in [6, 6.07) is 11.2. The Morgan fingerprint density at radius 1 is 1.16 bits per heavy atom. The predicted octanol–water partition coefficient (Wildman–Crippen LogP) is 4.38. The highest BCUT2D eigenvalue weighted by atomic mass is 35.5. The summed E-state index contributed by atoms with van der Waals surface area (Å²) in [7, 11) is 1.61. The molecule has 31 heavy (non-hydrogen) atoms. The molecule has 2 saturated heterocycles. The Morgan fingerprint density at radius 3 is 2.58 bits per heavy atom. The fourth-order valence-corrected chi connectivity index (χ4v) is 4.16. The van der Waals surface area contributed by atoms with Crippen molar-refractivity contribution in [2.75, 3.05) is 38.2 Å². The first-order valence-electron chi connectivity index (χ1n) is 10.3. The number of carbonyl (C=O) groups is 1. The quantitative estimate of drug-likeness (QED) is 0.680. The van der Waals surface area contributed by atoms with E-state index in [1.165, 1.54) is 0 Å². The Morgan fingerprint density at radius 2 is 1.90 bits per heavy atom. The van der Waals surface area contributed by atoms with E-state index in [0.29, 0.717) is 23.3 Å². The molecule has 166 valence electrons. The van der Waals surface area contributed by atoms with Gasteiger partial charge < -0.3 is 24.0 Å². The maximum absolute atomic E-state index is 12.2. The van der Waals surface area contributed by atoms with Crippen molar-refractivity contribution < 1.29 is 19.0 Å². The van der Waals surface area contributed by atoms with Gasteiger partial charge in [-0.1, -0.05) is 23.7 Å². The second-order valence-corrected chi connectivity index (χ2v) is 9.71. The second-order valence-electron chi connectivity index (χ2n) is 9.27. The highest BCUT2D eigenvalue weighted by Gasteiger charge is 2.54. The number of rotatable bonds is 5. The van der Waals surface area contributed by atoms with E-state index in [4.69, 9.17) is 25.8 Å². The van der Waals surface area contributed by atoms with Crippen LogP contribution in [-0.2, 0) is 11.3 Å². The molecule has 1 aromatic heterocycles. The number of ether oxygens (including phenoxy) is 3. The molecule has 1 spiro atoms. The summed E-state index contributed by atoms with van der Waals surface area (Å²) in [5.74, 6) is 2.12. The number of halogens is 1. The molecule has 0 bridgehead atoms. The first kappa shape index (κ1) is 21.6. The minimum absolute atomic E-state index is 0.145. The van der Waals surface area contributed by atoms with Crippen molar-refractivity contribution >= 4 is 23.5 Å². The Balaban J connectivity index is 1.30. The van der Waals surface area contributed by atoms with Gasteiger partial charge >= 0.3 is 6.09 Å². The molecule has 7 nitrogen and oxygen atoms in total. The zero-order valence-electron chi connectivity index (χ0n) is 18.4. The lowest BCUT2D eigenvalue weighted by atomic mass is 9.73. The molecule has 2 aliphatic heterocycles.